The van der Waals surface area contributed by atoms with Gasteiger partial charge in [0.1, 0.15) is 0 Å². The molecule has 1 aromatic carbocycles. The fourth-order valence-electron chi connectivity index (χ4n) is 1.51. The van der Waals surface area contributed by atoms with Gasteiger partial charge < -0.3 is 9.47 Å². The number of carbonyl (C=O) groups is 1. The summed E-state index contributed by atoms with van der Waals surface area (Å²) < 4.78 is 10.2. The highest BCUT2D eigenvalue weighted by Gasteiger charge is 2.07. The molecule has 18 heavy (non-hydrogen) atoms. The molecule has 0 aliphatic carbocycles. The SMILES string of the molecule is CCCC(=O)c1ccc(SCC(OC)OC)cc1. The van der Waals surface area contributed by atoms with Gasteiger partial charge >= 0.3 is 0 Å². The third-order valence-electron chi connectivity index (χ3n) is 2.57. The quantitative estimate of drug-likeness (QED) is 0.411. The van der Waals surface area contributed by atoms with E-state index in [0.29, 0.717) is 6.42 Å². The van der Waals surface area contributed by atoms with E-state index in [1.807, 2.05) is 31.2 Å². The van der Waals surface area contributed by atoms with Crippen molar-refractivity contribution in [1.82, 2.24) is 0 Å². The summed E-state index contributed by atoms with van der Waals surface area (Å²) in [5, 5.41) is 0. The van der Waals surface area contributed by atoms with Gasteiger partial charge in [0.15, 0.2) is 12.1 Å². The number of rotatable bonds is 8. The van der Waals surface area contributed by atoms with Crippen LogP contribution < -0.4 is 0 Å². The zero-order valence-electron chi connectivity index (χ0n) is 11.1. The van der Waals surface area contributed by atoms with Gasteiger partial charge in [-0.15, -0.1) is 11.8 Å². The second-order valence-electron chi connectivity index (χ2n) is 3.91. The number of hydrogen-bond acceptors (Lipinski definition) is 4. The predicted molar refractivity (Wildman–Crippen MR) is 74.2 cm³/mol. The Kier molecular flexibility index (Phi) is 7.01. The molecule has 0 aliphatic heterocycles. The van der Waals surface area contributed by atoms with E-state index in [0.717, 1.165) is 22.6 Å². The van der Waals surface area contributed by atoms with E-state index >= 15 is 0 Å². The van der Waals surface area contributed by atoms with Crippen LogP contribution in [-0.2, 0) is 9.47 Å². The molecular weight excluding hydrogens is 248 g/mol. The Hall–Kier alpha value is -0.840. The number of hydrogen-bond donors (Lipinski definition) is 0. The molecule has 0 atom stereocenters. The van der Waals surface area contributed by atoms with Crippen LogP contribution in [-0.4, -0.2) is 32.0 Å². The molecule has 0 bridgehead atoms. The molecule has 0 aliphatic rings. The summed E-state index contributed by atoms with van der Waals surface area (Å²) in [6.07, 6.45) is 1.30. The van der Waals surface area contributed by atoms with Crippen LogP contribution in [0.2, 0.25) is 0 Å². The number of carbonyl (C=O) groups excluding carboxylic acids is 1. The maximum atomic E-state index is 11.7. The van der Waals surface area contributed by atoms with Gasteiger partial charge in [0.2, 0.25) is 0 Å². The van der Waals surface area contributed by atoms with Gasteiger partial charge in [0, 0.05) is 36.9 Å². The lowest BCUT2D eigenvalue weighted by Gasteiger charge is -2.12. The standard InChI is InChI=1S/C14H20O3S/c1-4-5-13(15)11-6-8-12(9-7-11)18-10-14(16-2)17-3/h6-9,14H,4-5,10H2,1-3H3. The molecule has 0 fully saturated rings. The summed E-state index contributed by atoms with van der Waals surface area (Å²) in [6, 6.07) is 7.70. The third kappa shape index (κ3) is 4.80. The normalized spacial score (nSPS) is 10.9. The Balaban J connectivity index is 2.52. The van der Waals surface area contributed by atoms with Crippen molar-refractivity contribution in [3.8, 4) is 0 Å². The van der Waals surface area contributed by atoms with Crippen molar-refractivity contribution < 1.29 is 14.3 Å². The summed E-state index contributed by atoms with van der Waals surface area (Å²) in [5.74, 6) is 0.940. The molecule has 0 radical (unpaired) electrons. The zero-order valence-corrected chi connectivity index (χ0v) is 12.0. The van der Waals surface area contributed by atoms with Crippen molar-refractivity contribution in [2.45, 2.75) is 31.0 Å². The number of Topliss-reactive ketones (excluding diaryl/α,β-unsaturated/α-hetero) is 1. The van der Waals surface area contributed by atoms with Gasteiger partial charge in [-0.3, -0.25) is 4.79 Å². The second kappa shape index (κ2) is 8.29. The van der Waals surface area contributed by atoms with Crippen LogP contribution in [0, 0.1) is 0 Å². The van der Waals surface area contributed by atoms with E-state index < -0.39 is 0 Å². The monoisotopic (exact) mass is 268 g/mol. The summed E-state index contributed by atoms with van der Waals surface area (Å²) in [4.78, 5) is 12.8. The van der Waals surface area contributed by atoms with Crippen LogP contribution in [0.3, 0.4) is 0 Å². The topological polar surface area (TPSA) is 35.5 Å². The highest BCUT2D eigenvalue weighted by molar-refractivity contribution is 7.99. The molecular formula is C14H20O3S. The van der Waals surface area contributed by atoms with Gasteiger partial charge in [-0.05, 0) is 18.6 Å². The number of benzene rings is 1. The predicted octanol–water partition coefficient (Wildman–Crippen LogP) is 3.38. The van der Waals surface area contributed by atoms with Crippen molar-refractivity contribution in [1.29, 1.82) is 0 Å². The molecule has 1 rings (SSSR count). The molecule has 0 saturated carbocycles. The Labute approximate surface area is 113 Å². The summed E-state index contributed by atoms with van der Waals surface area (Å²) in [5.41, 5.74) is 0.788. The van der Waals surface area contributed by atoms with Crippen molar-refractivity contribution in [2.24, 2.45) is 0 Å². The first-order valence-electron chi connectivity index (χ1n) is 6.03. The minimum atomic E-state index is -0.198. The van der Waals surface area contributed by atoms with Crippen molar-refractivity contribution >= 4 is 17.5 Å². The first-order valence-corrected chi connectivity index (χ1v) is 7.01. The van der Waals surface area contributed by atoms with E-state index in [4.69, 9.17) is 9.47 Å². The number of ketones is 1. The van der Waals surface area contributed by atoms with Crippen molar-refractivity contribution in [3.05, 3.63) is 29.8 Å². The largest absolute Gasteiger partial charge is 0.355 e. The smallest absolute Gasteiger partial charge is 0.166 e. The Morgan fingerprint density at radius 3 is 2.33 bits per heavy atom. The minimum absolute atomic E-state index is 0.198. The lowest BCUT2D eigenvalue weighted by atomic mass is 10.1. The average molecular weight is 268 g/mol. The van der Waals surface area contributed by atoms with E-state index in [1.54, 1.807) is 26.0 Å². The first kappa shape index (κ1) is 15.2. The van der Waals surface area contributed by atoms with Crippen molar-refractivity contribution in [3.63, 3.8) is 0 Å². The number of methoxy groups -OCH3 is 2. The van der Waals surface area contributed by atoms with Crippen LogP contribution in [0.4, 0.5) is 0 Å². The molecule has 3 nitrogen and oxygen atoms in total. The van der Waals surface area contributed by atoms with Crippen LogP contribution in [0.15, 0.2) is 29.2 Å². The summed E-state index contributed by atoms with van der Waals surface area (Å²) >= 11 is 1.65. The van der Waals surface area contributed by atoms with Gasteiger partial charge in [-0.25, -0.2) is 0 Å². The lowest BCUT2D eigenvalue weighted by molar-refractivity contribution is -0.0842. The molecule has 1 aromatic rings. The zero-order chi connectivity index (χ0) is 13.4. The average Bonchev–Trinajstić information content (AvgIpc) is 2.41. The molecule has 0 N–H and O–H groups in total. The van der Waals surface area contributed by atoms with Crippen LogP contribution in [0.5, 0.6) is 0 Å². The first-order chi connectivity index (χ1) is 8.71. The Bertz CT molecular complexity index is 358. The fraction of sp³-hybridized carbons (Fsp3) is 0.500. The summed E-state index contributed by atoms with van der Waals surface area (Å²) in [7, 11) is 3.25. The highest BCUT2D eigenvalue weighted by Crippen LogP contribution is 2.20. The van der Waals surface area contributed by atoms with E-state index in [2.05, 4.69) is 0 Å². The molecule has 0 spiro atoms. The molecule has 0 aromatic heterocycles. The van der Waals surface area contributed by atoms with E-state index in [-0.39, 0.29) is 12.1 Å². The maximum Gasteiger partial charge on any atom is 0.166 e. The van der Waals surface area contributed by atoms with Gasteiger partial charge in [0.25, 0.3) is 0 Å². The van der Waals surface area contributed by atoms with E-state index in [9.17, 15) is 4.79 Å². The van der Waals surface area contributed by atoms with Crippen LogP contribution in [0.1, 0.15) is 30.1 Å². The lowest BCUT2D eigenvalue weighted by Crippen LogP contribution is -2.15. The molecule has 0 heterocycles. The van der Waals surface area contributed by atoms with Crippen LogP contribution >= 0.6 is 11.8 Å². The Morgan fingerprint density at radius 1 is 1.22 bits per heavy atom. The Morgan fingerprint density at radius 2 is 1.83 bits per heavy atom. The highest BCUT2D eigenvalue weighted by atomic mass is 32.2. The molecule has 0 unspecified atom stereocenters. The minimum Gasteiger partial charge on any atom is -0.355 e. The van der Waals surface area contributed by atoms with Crippen molar-refractivity contribution in [2.75, 3.05) is 20.0 Å². The van der Waals surface area contributed by atoms with Gasteiger partial charge in [0.05, 0.1) is 0 Å². The third-order valence-corrected chi connectivity index (χ3v) is 3.61. The second-order valence-corrected chi connectivity index (χ2v) is 5.00. The van der Waals surface area contributed by atoms with Crippen LogP contribution in [0.25, 0.3) is 0 Å². The summed E-state index contributed by atoms with van der Waals surface area (Å²) in [6.45, 7) is 2.01. The van der Waals surface area contributed by atoms with Gasteiger partial charge in [-0.1, -0.05) is 19.1 Å². The van der Waals surface area contributed by atoms with Gasteiger partial charge in [-0.2, -0.15) is 0 Å². The van der Waals surface area contributed by atoms with E-state index in [1.165, 1.54) is 0 Å². The molecule has 100 valence electrons. The molecule has 0 saturated heterocycles. The maximum absolute atomic E-state index is 11.7. The number of ether oxygens (including phenoxy) is 2. The number of thioether (sulfide) groups is 1. The molecule has 4 heteroatoms. The fourth-order valence-corrected chi connectivity index (χ4v) is 2.43. The molecule has 0 amide bonds.